The SMILES string of the molecule is O=C(Cc1ccc(Cl)cc1)NN=Cc1ccccc1OCc1cccc2ccccc12. The molecule has 0 aliphatic carbocycles. The minimum absolute atomic E-state index is 0.201. The van der Waals surface area contributed by atoms with Gasteiger partial charge < -0.3 is 4.74 Å². The topological polar surface area (TPSA) is 50.7 Å². The smallest absolute Gasteiger partial charge is 0.244 e. The van der Waals surface area contributed by atoms with Crippen molar-refractivity contribution in [1.82, 2.24) is 5.43 Å². The van der Waals surface area contributed by atoms with Crippen molar-refractivity contribution in [3.05, 3.63) is 113 Å². The zero-order chi connectivity index (χ0) is 21.5. The lowest BCUT2D eigenvalue weighted by atomic mass is 10.1. The molecule has 0 aliphatic rings. The van der Waals surface area contributed by atoms with E-state index in [9.17, 15) is 4.79 Å². The highest BCUT2D eigenvalue weighted by Gasteiger charge is 2.05. The number of hydrogen-bond donors (Lipinski definition) is 1. The molecule has 4 aromatic rings. The molecule has 0 aliphatic heterocycles. The Labute approximate surface area is 186 Å². The number of nitrogens with zero attached hydrogens (tertiary/aromatic N) is 1. The number of carbonyl (C=O) groups is 1. The quantitative estimate of drug-likeness (QED) is 0.300. The minimum Gasteiger partial charge on any atom is -0.488 e. The molecule has 4 aromatic carbocycles. The molecule has 0 spiro atoms. The number of fused-ring (bicyclic) bond motifs is 1. The van der Waals surface area contributed by atoms with Crippen LogP contribution in [-0.2, 0) is 17.8 Å². The number of ether oxygens (including phenoxy) is 1. The number of nitrogens with one attached hydrogen (secondary N) is 1. The second kappa shape index (κ2) is 9.92. The predicted octanol–water partition coefficient (Wildman–Crippen LogP) is 5.77. The van der Waals surface area contributed by atoms with Crippen molar-refractivity contribution in [3.8, 4) is 5.75 Å². The van der Waals surface area contributed by atoms with Gasteiger partial charge in [0, 0.05) is 10.6 Å². The first-order valence-electron chi connectivity index (χ1n) is 9.94. The number of hydrogen-bond acceptors (Lipinski definition) is 3. The summed E-state index contributed by atoms with van der Waals surface area (Å²) in [5, 5.41) is 7.09. The average Bonchev–Trinajstić information content (AvgIpc) is 2.80. The molecule has 4 rings (SSSR count). The minimum atomic E-state index is -0.201. The van der Waals surface area contributed by atoms with Crippen molar-refractivity contribution in [2.24, 2.45) is 5.10 Å². The molecule has 0 aromatic heterocycles. The first-order chi connectivity index (χ1) is 15.2. The molecule has 0 atom stereocenters. The fourth-order valence-corrected chi connectivity index (χ4v) is 3.42. The van der Waals surface area contributed by atoms with E-state index in [-0.39, 0.29) is 12.3 Å². The van der Waals surface area contributed by atoms with E-state index in [1.807, 2.05) is 54.6 Å². The lowest BCUT2D eigenvalue weighted by Crippen LogP contribution is -2.19. The van der Waals surface area contributed by atoms with Crippen LogP contribution in [0.15, 0.2) is 96.1 Å². The van der Waals surface area contributed by atoms with Gasteiger partial charge in [0.05, 0.1) is 12.6 Å². The lowest BCUT2D eigenvalue weighted by Gasteiger charge is -2.11. The van der Waals surface area contributed by atoms with Crippen LogP contribution in [0.25, 0.3) is 10.8 Å². The maximum Gasteiger partial charge on any atom is 0.244 e. The highest BCUT2D eigenvalue weighted by molar-refractivity contribution is 6.30. The molecule has 0 saturated heterocycles. The summed E-state index contributed by atoms with van der Waals surface area (Å²) in [6, 6.07) is 29.2. The Bertz CT molecular complexity index is 1210. The van der Waals surface area contributed by atoms with Gasteiger partial charge in [-0.05, 0) is 46.2 Å². The van der Waals surface area contributed by atoms with E-state index < -0.39 is 0 Å². The molecule has 4 nitrogen and oxygen atoms in total. The van der Waals surface area contributed by atoms with Gasteiger partial charge in [-0.25, -0.2) is 5.43 Å². The largest absolute Gasteiger partial charge is 0.488 e. The summed E-state index contributed by atoms with van der Waals surface area (Å²) in [6.07, 6.45) is 1.83. The van der Waals surface area contributed by atoms with Crippen LogP contribution < -0.4 is 10.2 Å². The van der Waals surface area contributed by atoms with E-state index in [2.05, 4.69) is 34.8 Å². The summed E-state index contributed by atoms with van der Waals surface area (Å²) >= 11 is 5.87. The van der Waals surface area contributed by atoms with Gasteiger partial charge in [-0.2, -0.15) is 5.10 Å². The zero-order valence-electron chi connectivity index (χ0n) is 16.8. The van der Waals surface area contributed by atoms with Crippen LogP contribution in [-0.4, -0.2) is 12.1 Å². The van der Waals surface area contributed by atoms with Crippen LogP contribution in [0.5, 0.6) is 5.75 Å². The first kappa shape index (κ1) is 20.6. The fraction of sp³-hybridized carbons (Fsp3) is 0.0769. The van der Waals surface area contributed by atoms with Crippen molar-refractivity contribution in [2.75, 3.05) is 0 Å². The Morgan fingerprint density at radius 1 is 0.903 bits per heavy atom. The molecule has 0 saturated carbocycles. The van der Waals surface area contributed by atoms with Gasteiger partial charge in [-0.15, -0.1) is 0 Å². The van der Waals surface area contributed by atoms with Gasteiger partial charge in [0.15, 0.2) is 0 Å². The normalized spacial score (nSPS) is 11.0. The number of rotatable bonds is 7. The molecule has 1 N–H and O–H groups in total. The predicted molar refractivity (Wildman–Crippen MR) is 126 cm³/mol. The van der Waals surface area contributed by atoms with Gasteiger partial charge in [-0.1, -0.05) is 78.3 Å². The summed E-state index contributed by atoms with van der Waals surface area (Å²) < 4.78 is 6.08. The Hall–Kier alpha value is -3.63. The van der Waals surface area contributed by atoms with Crippen molar-refractivity contribution in [1.29, 1.82) is 0 Å². The van der Waals surface area contributed by atoms with Crippen molar-refractivity contribution in [3.63, 3.8) is 0 Å². The second-order valence-corrected chi connectivity index (χ2v) is 7.50. The summed E-state index contributed by atoms with van der Waals surface area (Å²) in [5.41, 5.74) is 5.33. The number of halogens is 1. The van der Waals surface area contributed by atoms with Crippen LogP contribution in [0.2, 0.25) is 5.02 Å². The third kappa shape index (κ3) is 5.50. The molecular formula is C26H21ClN2O2. The molecule has 0 fully saturated rings. The van der Waals surface area contributed by atoms with E-state index in [1.165, 1.54) is 10.8 Å². The summed E-state index contributed by atoms with van der Waals surface area (Å²) in [6.45, 7) is 0.440. The average molecular weight is 429 g/mol. The number of carbonyl (C=O) groups excluding carboxylic acids is 1. The highest BCUT2D eigenvalue weighted by Crippen LogP contribution is 2.22. The molecule has 0 heterocycles. The summed E-state index contributed by atoms with van der Waals surface area (Å²) in [5.74, 6) is 0.499. The van der Waals surface area contributed by atoms with Crippen molar-refractivity contribution in [2.45, 2.75) is 13.0 Å². The third-order valence-corrected chi connectivity index (χ3v) is 5.10. The fourth-order valence-electron chi connectivity index (χ4n) is 3.29. The van der Waals surface area contributed by atoms with Crippen LogP contribution >= 0.6 is 11.6 Å². The second-order valence-electron chi connectivity index (χ2n) is 7.06. The molecular weight excluding hydrogens is 408 g/mol. The Balaban J connectivity index is 1.40. The Morgan fingerprint density at radius 3 is 2.52 bits per heavy atom. The third-order valence-electron chi connectivity index (χ3n) is 4.85. The lowest BCUT2D eigenvalue weighted by molar-refractivity contribution is -0.120. The number of benzene rings is 4. The maximum atomic E-state index is 12.1. The van der Waals surface area contributed by atoms with E-state index >= 15 is 0 Å². The number of amides is 1. The van der Waals surface area contributed by atoms with Crippen LogP contribution in [0.3, 0.4) is 0 Å². The zero-order valence-corrected chi connectivity index (χ0v) is 17.5. The molecule has 31 heavy (non-hydrogen) atoms. The van der Waals surface area contributed by atoms with Gasteiger partial charge >= 0.3 is 0 Å². The number of para-hydroxylation sites is 1. The van der Waals surface area contributed by atoms with Crippen LogP contribution in [0.4, 0.5) is 0 Å². The van der Waals surface area contributed by atoms with Crippen LogP contribution in [0, 0.1) is 0 Å². The number of hydrazone groups is 1. The van der Waals surface area contributed by atoms with E-state index in [0.717, 1.165) is 16.7 Å². The Kier molecular flexibility index (Phi) is 6.60. The summed E-state index contributed by atoms with van der Waals surface area (Å²) in [4.78, 5) is 12.1. The molecule has 1 amide bonds. The Morgan fingerprint density at radius 2 is 1.65 bits per heavy atom. The molecule has 0 bridgehead atoms. The van der Waals surface area contributed by atoms with E-state index in [0.29, 0.717) is 17.4 Å². The standard InChI is InChI=1S/C26H21ClN2O2/c27-23-14-12-19(13-15-23)16-26(30)29-28-17-21-7-2-4-11-25(21)31-18-22-9-5-8-20-6-1-3-10-24(20)22/h1-15,17H,16,18H2,(H,29,30). The van der Waals surface area contributed by atoms with Crippen LogP contribution in [0.1, 0.15) is 16.7 Å². The van der Waals surface area contributed by atoms with Crippen molar-refractivity contribution >= 4 is 34.5 Å². The molecule has 0 unspecified atom stereocenters. The molecule has 0 radical (unpaired) electrons. The van der Waals surface area contributed by atoms with Gasteiger partial charge in [-0.3, -0.25) is 4.79 Å². The monoisotopic (exact) mass is 428 g/mol. The van der Waals surface area contributed by atoms with E-state index in [1.54, 1.807) is 18.3 Å². The first-order valence-corrected chi connectivity index (χ1v) is 10.3. The van der Waals surface area contributed by atoms with Gasteiger partial charge in [0.25, 0.3) is 0 Å². The maximum absolute atomic E-state index is 12.1. The van der Waals surface area contributed by atoms with Crippen molar-refractivity contribution < 1.29 is 9.53 Å². The molecule has 154 valence electrons. The van der Waals surface area contributed by atoms with Gasteiger partial charge in [0.2, 0.25) is 5.91 Å². The van der Waals surface area contributed by atoms with E-state index in [4.69, 9.17) is 16.3 Å². The summed E-state index contributed by atoms with van der Waals surface area (Å²) in [7, 11) is 0. The highest BCUT2D eigenvalue weighted by atomic mass is 35.5. The molecule has 5 heteroatoms. The van der Waals surface area contributed by atoms with Gasteiger partial charge in [0.1, 0.15) is 12.4 Å².